The molecule has 2 rings (SSSR count). The largest absolute Gasteiger partial charge is 0.469 e. The second kappa shape index (κ2) is 6.96. The maximum absolute atomic E-state index is 11.9. The van der Waals surface area contributed by atoms with Crippen molar-refractivity contribution in [2.75, 3.05) is 20.6 Å². The standard InChI is InChI=1S/C15H20N2O3/c1-17(2)11-13-7-8-14(20-13)15(18)16-9-3-5-12-6-4-10-19-12/h4,6-8,10H,3,5,9,11H2,1-2H3,(H,16,18). The average Bonchev–Trinajstić information content (AvgIpc) is 3.04. The van der Waals surface area contributed by atoms with Crippen LogP contribution in [0, 0.1) is 0 Å². The zero-order valence-electron chi connectivity index (χ0n) is 11.9. The van der Waals surface area contributed by atoms with Crippen molar-refractivity contribution in [2.45, 2.75) is 19.4 Å². The Balaban J connectivity index is 1.72. The smallest absolute Gasteiger partial charge is 0.286 e. The molecule has 0 aliphatic carbocycles. The first-order chi connectivity index (χ1) is 9.65. The van der Waals surface area contributed by atoms with Crippen molar-refractivity contribution in [3.8, 4) is 0 Å². The predicted molar refractivity (Wildman–Crippen MR) is 75.5 cm³/mol. The maximum atomic E-state index is 11.9. The third-order valence-corrected chi connectivity index (χ3v) is 2.82. The van der Waals surface area contributed by atoms with Gasteiger partial charge in [-0.3, -0.25) is 4.79 Å². The summed E-state index contributed by atoms with van der Waals surface area (Å²) >= 11 is 0. The molecule has 0 saturated heterocycles. The van der Waals surface area contributed by atoms with E-state index in [0.29, 0.717) is 18.8 Å². The molecule has 0 radical (unpaired) electrons. The van der Waals surface area contributed by atoms with Crippen molar-refractivity contribution >= 4 is 5.91 Å². The Bertz CT molecular complexity index is 529. The minimum Gasteiger partial charge on any atom is -0.469 e. The van der Waals surface area contributed by atoms with Crippen LogP contribution in [0.5, 0.6) is 0 Å². The summed E-state index contributed by atoms with van der Waals surface area (Å²) in [5, 5.41) is 2.84. The summed E-state index contributed by atoms with van der Waals surface area (Å²) in [6, 6.07) is 7.34. The molecule has 5 heteroatoms. The van der Waals surface area contributed by atoms with Crippen LogP contribution in [0.25, 0.3) is 0 Å². The van der Waals surface area contributed by atoms with E-state index in [4.69, 9.17) is 8.83 Å². The average molecular weight is 276 g/mol. The Labute approximate surface area is 118 Å². The van der Waals surface area contributed by atoms with Crippen molar-refractivity contribution in [3.05, 3.63) is 47.8 Å². The van der Waals surface area contributed by atoms with Crippen LogP contribution in [0.15, 0.2) is 39.4 Å². The molecule has 2 aromatic rings. The molecule has 2 aromatic heterocycles. The molecule has 2 heterocycles. The van der Waals surface area contributed by atoms with Gasteiger partial charge in [0.05, 0.1) is 12.8 Å². The zero-order valence-corrected chi connectivity index (χ0v) is 11.9. The van der Waals surface area contributed by atoms with Gasteiger partial charge in [-0.1, -0.05) is 0 Å². The molecule has 0 aliphatic heterocycles. The quantitative estimate of drug-likeness (QED) is 0.788. The topological polar surface area (TPSA) is 58.6 Å². The molecule has 0 bridgehead atoms. The first kappa shape index (κ1) is 14.4. The van der Waals surface area contributed by atoms with Crippen molar-refractivity contribution in [3.63, 3.8) is 0 Å². The lowest BCUT2D eigenvalue weighted by Crippen LogP contribution is -2.24. The minimum atomic E-state index is -0.172. The fraction of sp³-hybridized carbons (Fsp3) is 0.400. The zero-order chi connectivity index (χ0) is 14.4. The van der Waals surface area contributed by atoms with Gasteiger partial charge in [0.1, 0.15) is 11.5 Å². The highest BCUT2D eigenvalue weighted by Crippen LogP contribution is 2.09. The Hall–Kier alpha value is -2.01. The molecular formula is C15H20N2O3. The van der Waals surface area contributed by atoms with Crippen LogP contribution in [-0.2, 0) is 13.0 Å². The highest BCUT2D eigenvalue weighted by Gasteiger charge is 2.10. The van der Waals surface area contributed by atoms with E-state index in [1.54, 1.807) is 12.3 Å². The van der Waals surface area contributed by atoms with Gasteiger partial charge in [0.2, 0.25) is 0 Å². The van der Waals surface area contributed by atoms with Gasteiger partial charge in [-0.15, -0.1) is 0 Å². The van der Waals surface area contributed by atoms with Gasteiger partial charge in [-0.2, -0.15) is 0 Å². The van der Waals surface area contributed by atoms with Crippen molar-refractivity contribution in [1.82, 2.24) is 10.2 Å². The van der Waals surface area contributed by atoms with Crippen LogP contribution < -0.4 is 5.32 Å². The normalized spacial score (nSPS) is 10.9. The third kappa shape index (κ3) is 4.28. The van der Waals surface area contributed by atoms with E-state index in [1.165, 1.54) is 0 Å². The number of nitrogens with zero attached hydrogens (tertiary/aromatic N) is 1. The van der Waals surface area contributed by atoms with Gasteiger partial charge in [-0.25, -0.2) is 0 Å². The Kier molecular flexibility index (Phi) is 5.01. The van der Waals surface area contributed by atoms with E-state index in [-0.39, 0.29) is 5.91 Å². The summed E-state index contributed by atoms with van der Waals surface area (Å²) < 4.78 is 10.7. The molecule has 1 amide bonds. The summed E-state index contributed by atoms with van der Waals surface area (Å²) in [6.07, 6.45) is 3.31. The maximum Gasteiger partial charge on any atom is 0.286 e. The number of hydrogen-bond donors (Lipinski definition) is 1. The van der Waals surface area contributed by atoms with Gasteiger partial charge in [0, 0.05) is 13.0 Å². The fourth-order valence-corrected chi connectivity index (χ4v) is 1.90. The molecule has 0 unspecified atom stereocenters. The van der Waals surface area contributed by atoms with E-state index in [0.717, 1.165) is 24.4 Å². The molecule has 0 spiro atoms. The Morgan fingerprint density at radius 1 is 1.25 bits per heavy atom. The van der Waals surface area contributed by atoms with Crippen LogP contribution in [-0.4, -0.2) is 31.4 Å². The van der Waals surface area contributed by atoms with Gasteiger partial charge in [-0.05, 0) is 44.8 Å². The molecule has 108 valence electrons. The van der Waals surface area contributed by atoms with Gasteiger partial charge in [0.25, 0.3) is 5.91 Å². The lowest BCUT2D eigenvalue weighted by molar-refractivity contribution is 0.0922. The van der Waals surface area contributed by atoms with E-state index < -0.39 is 0 Å². The molecule has 20 heavy (non-hydrogen) atoms. The molecule has 5 nitrogen and oxygen atoms in total. The third-order valence-electron chi connectivity index (χ3n) is 2.82. The van der Waals surface area contributed by atoms with Crippen LogP contribution >= 0.6 is 0 Å². The lowest BCUT2D eigenvalue weighted by Gasteiger charge is -2.06. The van der Waals surface area contributed by atoms with E-state index in [1.807, 2.05) is 37.2 Å². The van der Waals surface area contributed by atoms with Gasteiger partial charge < -0.3 is 19.1 Å². The van der Waals surface area contributed by atoms with Crippen LogP contribution in [0.4, 0.5) is 0 Å². The summed E-state index contributed by atoms with van der Waals surface area (Å²) in [4.78, 5) is 13.9. The highest BCUT2D eigenvalue weighted by atomic mass is 16.4. The predicted octanol–water partition coefficient (Wildman–Crippen LogP) is 2.30. The monoisotopic (exact) mass is 276 g/mol. The molecule has 0 aromatic carbocycles. The number of nitrogens with one attached hydrogen (secondary N) is 1. The van der Waals surface area contributed by atoms with E-state index in [9.17, 15) is 4.79 Å². The van der Waals surface area contributed by atoms with Crippen molar-refractivity contribution < 1.29 is 13.6 Å². The first-order valence-corrected chi connectivity index (χ1v) is 6.69. The van der Waals surface area contributed by atoms with Crippen molar-refractivity contribution in [2.24, 2.45) is 0 Å². The molecular weight excluding hydrogens is 256 g/mol. The van der Waals surface area contributed by atoms with Crippen LogP contribution in [0.1, 0.15) is 28.5 Å². The Morgan fingerprint density at radius 2 is 2.10 bits per heavy atom. The first-order valence-electron chi connectivity index (χ1n) is 6.69. The summed E-state index contributed by atoms with van der Waals surface area (Å²) in [6.45, 7) is 1.29. The fourth-order valence-electron chi connectivity index (χ4n) is 1.90. The number of carbonyl (C=O) groups is 1. The summed E-state index contributed by atoms with van der Waals surface area (Å²) in [7, 11) is 3.91. The highest BCUT2D eigenvalue weighted by molar-refractivity contribution is 5.91. The molecule has 0 saturated carbocycles. The number of rotatable bonds is 7. The second-order valence-electron chi connectivity index (χ2n) is 4.94. The SMILES string of the molecule is CN(C)Cc1ccc(C(=O)NCCCc2ccco2)o1. The molecule has 0 aliphatic rings. The number of furan rings is 2. The molecule has 1 N–H and O–H groups in total. The summed E-state index contributed by atoms with van der Waals surface area (Å²) in [5.41, 5.74) is 0. The molecule has 0 atom stereocenters. The van der Waals surface area contributed by atoms with E-state index in [2.05, 4.69) is 5.32 Å². The molecule has 0 fully saturated rings. The number of carbonyl (C=O) groups excluding carboxylic acids is 1. The number of aryl methyl sites for hydroxylation is 1. The van der Waals surface area contributed by atoms with Crippen molar-refractivity contribution in [1.29, 1.82) is 0 Å². The lowest BCUT2D eigenvalue weighted by atomic mass is 10.2. The van der Waals surface area contributed by atoms with Gasteiger partial charge >= 0.3 is 0 Å². The summed E-state index contributed by atoms with van der Waals surface area (Å²) in [5.74, 6) is 1.91. The number of hydrogen-bond acceptors (Lipinski definition) is 4. The Morgan fingerprint density at radius 3 is 2.80 bits per heavy atom. The minimum absolute atomic E-state index is 0.172. The van der Waals surface area contributed by atoms with Crippen LogP contribution in [0.2, 0.25) is 0 Å². The second-order valence-corrected chi connectivity index (χ2v) is 4.94. The van der Waals surface area contributed by atoms with Gasteiger partial charge in [0.15, 0.2) is 5.76 Å². The number of amides is 1. The van der Waals surface area contributed by atoms with E-state index >= 15 is 0 Å². The van der Waals surface area contributed by atoms with Crippen LogP contribution in [0.3, 0.4) is 0 Å².